The van der Waals surface area contributed by atoms with Gasteiger partial charge in [-0.05, 0) is 18.6 Å². The third-order valence-electron chi connectivity index (χ3n) is 3.84. The molecule has 1 aliphatic rings. The molecule has 3 rings (SSSR count). The van der Waals surface area contributed by atoms with Crippen LogP contribution in [0.15, 0.2) is 30.3 Å². The van der Waals surface area contributed by atoms with Gasteiger partial charge in [0.25, 0.3) is 0 Å². The van der Waals surface area contributed by atoms with Crippen LogP contribution in [0.3, 0.4) is 0 Å². The summed E-state index contributed by atoms with van der Waals surface area (Å²) in [4.78, 5) is 25.8. The topological polar surface area (TPSA) is 63.4 Å². The number of thiophene rings is 1. The molecular formula is C16H15ClN2O2S. The average molecular weight is 335 g/mol. The van der Waals surface area contributed by atoms with Crippen LogP contribution < -0.4 is 5.73 Å². The van der Waals surface area contributed by atoms with Crippen LogP contribution in [0.25, 0.3) is 16.2 Å². The summed E-state index contributed by atoms with van der Waals surface area (Å²) >= 11 is 7.89. The number of rotatable bonds is 3. The molecule has 6 heteroatoms. The van der Waals surface area contributed by atoms with Crippen molar-refractivity contribution >= 4 is 50.9 Å². The maximum atomic E-state index is 12.2. The zero-order valence-electron chi connectivity index (χ0n) is 11.8. The molecule has 1 aliphatic heterocycles. The first-order valence-electron chi connectivity index (χ1n) is 6.99. The van der Waals surface area contributed by atoms with Crippen LogP contribution in [0.1, 0.15) is 11.3 Å². The molecule has 4 nitrogen and oxygen atoms in total. The Hall–Kier alpha value is -1.85. The Morgan fingerprint density at radius 1 is 1.36 bits per heavy atom. The van der Waals surface area contributed by atoms with Crippen molar-refractivity contribution in [1.82, 2.24) is 4.90 Å². The lowest BCUT2D eigenvalue weighted by molar-refractivity contribution is -0.125. The van der Waals surface area contributed by atoms with E-state index in [2.05, 4.69) is 0 Å². The number of amides is 2. The van der Waals surface area contributed by atoms with Crippen molar-refractivity contribution in [3.8, 4) is 0 Å². The first kappa shape index (κ1) is 15.1. The Morgan fingerprint density at radius 2 is 2.14 bits per heavy atom. The lowest BCUT2D eigenvalue weighted by Crippen LogP contribution is -2.30. The number of fused-ring (bicyclic) bond motifs is 1. The quantitative estimate of drug-likeness (QED) is 0.877. The van der Waals surface area contributed by atoms with Crippen molar-refractivity contribution in [3.05, 3.63) is 40.2 Å². The predicted molar refractivity (Wildman–Crippen MR) is 89.8 cm³/mol. The van der Waals surface area contributed by atoms with E-state index in [1.165, 1.54) is 6.08 Å². The largest absolute Gasteiger partial charge is 0.369 e. The van der Waals surface area contributed by atoms with E-state index in [-0.39, 0.29) is 17.7 Å². The molecule has 1 fully saturated rings. The molecule has 22 heavy (non-hydrogen) atoms. The normalized spacial score (nSPS) is 18.4. The van der Waals surface area contributed by atoms with E-state index in [1.807, 2.05) is 24.3 Å². The van der Waals surface area contributed by atoms with Gasteiger partial charge in [-0.15, -0.1) is 11.3 Å². The lowest BCUT2D eigenvalue weighted by atomic mass is 10.1. The number of hydrogen-bond donors (Lipinski definition) is 1. The standard InChI is InChI=1S/C16H15ClN2O2S/c17-15-11-3-1-2-4-12(11)22-13(15)5-6-14(20)19-8-7-10(9-19)16(18)21/h1-6,10H,7-9H2,(H2,18,21)/b6-5+/t10-/m0/s1. The van der Waals surface area contributed by atoms with Crippen LogP contribution >= 0.6 is 22.9 Å². The highest BCUT2D eigenvalue weighted by Crippen LogP contribution is 2.35. The molecule has 0 saturated carbocycles. The minimum absolute atomic E-state index is 0.114. The summed E-state index contributed by atoms with van der Waals surface area (Å²) in [6.45, 7) is 0.968. The fourth-order valence-electron chi connectivity index (χ4n) is 2.59. The number of hydrogen-bond acceptors (Lipinski definition) is 3. The predicted octanol–water partition coefficient (Wildman–Crippen LogP) is 2.90. The molecule has 2 N–H and O–H groups in total. The van der Waals surface area contributed by atoms with E-state index in [0.29, 0.717) is 24.5 Å². The minimum Gasteiger partial charge on any atom is -0.369 e. The SMILES string of the molecule is NC(=O)[C@H]1CCN(C(=O)/C=C/c2sc3ccccc3c2Cl)C1. The summed E-state index contributed by atoms with van der Waals surface area (Å²) in [5.74, 6) is -0.686. The van der Waals surface area contributed by atoms with Gasteiger partial charge in [0.2, 0.25) is 11.8 Å². The van der Waals surface area contributed by atoms with E-state index in [9.17, 15) is 9.59 Å². The smallest absolute Gasteiger partial charge is 0.246 e. The lowest BCUT2D eigenvalue weighted by Gasteiger charge is -2.12. The number of halogens is 1. The first-order chi connectivity index (χ1) is 10.6. The Bertz CT molecular complexity index is 769. The van der Waals surface area contributed by atoms with Gasteiger partial charge in [-0.1, -0.05) is 29.8 Å². The van der Waals surface area contributed by atoms with Gasteiger partial charge in [0.1, 0.15) is 0 Å². The highest BCUT2D eigenvalue weighted by Gasteiger charge is 2.28. The number of likely N-dealkylation sites (tertiary alicyclic amines) is 1. The van der Waals surface area contributed by atoms with E-state index in [4.69, 9.17) is 17.3 Å². The second kappa shape index (κ2) is 6.10. The van der Waals surface area contributed by atoms with Gasteiger partial charge in [-0.2, -0.15) is 0 Å². The van der Waals surface area contributed by atoms with Gasteiger partial charge in [0.15, 0.2) is 0 Å². The molecule has 1 saturated heterocycles. The Balaban J connectivity index is 1.74. The Kier molecular flexibility index (Phi) is 4.18. The van der Waals surface area contributed by atoms with Crippen molar-refractivity contribution in [2.24, 2.45) is 11.7 Å². The molecule has 0 bridgehead atoms. The summed E-state index contributed by atoms with van der Waals surface area (Å²) in [5, 5.41) is 1.66. The number of primary amides is 1. The third kappa shape index (κ3) is 2.87. The summed E-state index contributed by atoms with van der Waals surface area (Å²) in [7, 11) is 0. The summed E-state index contributed by atoms with van der Waals surface area (Å²) in [6, 6.07) is 7.87. The number of nitrogens with zero attached hydrogens (tertiary/aromatic N) is 1. The molecule has 1 aromatic carbocycles. The van der Waals surface area contributed by atoms with Crippen molar-refractivity contribution in [3.63, 3.8) is 0 Å². The van der Waals surface area contributed by atoms with Crippen molar-refractivity contribution in [2.75, 3.05) is 13.1 Å². The van der Waals surface area contributed by atoms with E-state index >= 15 is 0 Å². The summed E-state index contributed by atoms with van der Waals surface area (Å²) in [5.41, 5.74) is 5.28. The zero-order chi connectivity index (χ0) is 15.7. The molecule has 114 valence electrons. The highest BCUT2D eigenvalue weighted by molar-refractivity contribution is 7.20. The maximum absolute atomic E-state index is 12.2. The zero-order valence-corrected chi connectivity index (χ0v) is 13.4. The highest BCUT2D eigenvalue weighted by atomic mass is 35.5. The molecule has 1 aromatic heterocycles. The fraction of sp³-hybridized carbons (Fsp3) is 0.250. The maximum Gasteiger partial charge on any atom is 0.246 e. The molecule has 2 aromatic rings. The Morgan fingerprint density at radius 3 is 2.82 bits per heavy atom. The number of carbonyl (C=O) groups excluding carboxylic acids is 2. The van der Waals surface area contributed by atoms with Crippen LogP contribution in [-0.4, -0.2) is 29.8 Å². The number of carbonyl (C=O) groups is 2. The molecule has 2 heterocycles. The van der Waals surface area contributed by atoms with Gasteiger partial charge in [-0.3, -0.25) is 9.59 Å². The van der Waals surface area contributed by atoms with E-state index in [0.717, 1.165) is 15.0 Å². The fourth-order valence-corrected chi connectivity index (χ4v) is 3.98. The van der Waals surface area contributed by atoms with Crippen LogP contribution in [0, 0.1) is 5.92 Å². The Labute approximate surface area is 137 Å². The van der Waals surface area contributed by atoms with Crippen LogP contribution in [0.2, 0.25) is 5.02 Å². The van der Waals surface area contributed by atoms with Gasteiger partial charge in [-0.25, -0.2) is 0 Å². The molecule has 0 spiro atoms. The van der Waals surface area contributed by atoms with Gasteiger partial charge in [0.05, 0.1) is 10.9 Å². The van der Waals surface area contributed by atoms with Crippen molar-refractivity contribution in [1.29, 1.82) is 0 Å². The number of nitrogens with two attached hydrogens (primary N) is 1. The molecular weight excluding hydrogens is 320 g/mol. The van der Waals surface area contributed by atoms with Crippen LogP contribution in [0.4, 0.5) is 0 Å². The average Bonchev–Trinajstić information content (AvgIpc) is 3.11. The van der Waals surface area contributed by atoms with Crippen LogP contribution in [-0.2, 0) is 9.59 Å². The molecule has 0 unspecified atom stereocenters. The number of benzene rings is 1. The first-order valence-corrected chi connectivity index (χ1v) is 8.19. The third-order valence-corrected chi connectivity index (χ3v) is 5.49. The summed E-state index contributed by atoms with van der Waals surface area (Å²) < 4.78 is 1.09. The summed E-state index contributed by atoms with van der Waals surface area (Å²) in [6.07, 6.45) is 3.89. The van der Waals surface area contributed by atoms with Crippen molar-refractivity contribution in [2.45, 2.75) is 6.42 Å². The second-order valence-electron chi connectivity index (χ2n) is 5.28. The molecule has 2 amide bonds. The van der Waals surface area contributed by atoms with Crippen LogP contribution in [0.5, 0.6) is 0 Å². The monoisotopic (exact) mass is 334 g/mol. The molecule has 1 atom stereocenters. The van der Waals surface area contributed by atoms with Gasteiger partial charge in [0, 0.05) is 34.1 Å². The van der Waals surface area contributed by atoms with E-state index in [1.54, 1.807) is 22.3 Å². The van der Waals surface area contributed by atoms with Gasteiger partial charge >= 0.3 is 0 Å². The minimum atomic E-state index is -0.341. The van der Waals surface area contributed by atoms with Gasteiger partial charge < -0.3 is 10.6 Å². The van der Waals surface area contributed by atoms with Crippen molar-refractivity contribution < 1.29 is 9.59 Å². The molecule has 0 radical (unpaired) electrons. The molecule has 0 aliphatic carbocycles. The van der Waals surface area contributed by atoms with E-state index < -0.39 is 0 Å². The second-order valence-corrected chi connectivity index (χ2v) is 6.74.